The normalized spacial score (nSPS) is 13.1. The van der Waals surface area contributed by atoms with E-state index in [1.165, 1.54) is 5.56 Å². The van der Waals surface area contributed by atoms with Crippen LogP contribution in [0.4, 0.5) is 0 Å². The Morgan fingerprint density at radius 1 is 1.39 bits per heavy atom. The molecule has 0 unspecified atom stereocenters. The maximum atomic E-state index is 6.17. The van der Waals surface area contributed by atoms with Gasteiger partial charge < -0.3 is 10.2 Å². The molecule has 0 aliphatic carbocycles. The van der Waals surface area contributed by atoms with E-state index in [1.807, 2.05) is 17.9 Å². The van der Waals surface area contributed by atoms with Crippen molar-refractivity contribution in [1.29, 1.82) is 0 Å². The van der Waals surface area contributed by atoms with Crippen LogP contribution in [0.25, 0.3) is 0 Å². The maximum absolute atomic E-state index is 6.17. The Balaban J connectivity index is 2.56. The van der Waals surface area contributed by atoms with E-state index in [9.17, 15) is 0 Å². The molecule has 0 bridgehead atoms. The van der Waals surface area contributed by atoms with Gasteiger partial charge in [-0.15, -0.1) is 0 Å². The van der Waals surface area contributed by atoms with Crippen LogP contribution in [-0.4, -0.2) is 24.7 Å². The fourth-order valence-corrected chi connectivity index (χ4v) is 2.64. The topological polar surface area (TPSA) is 53.1 Å². The van der Waals surface area contributed by atoms with Crippen molar-refractivity contribution >= 4 is 8.32 Å². The van der Waals surface area contributed by atoms with Crippen LogP contribution in [0.5, 0.6) is 0 Å². The third-order valence-corrected chi connectivity index (χ3v) is 8.36. The molecule has 0 aliphatic heterocycles. The van der Waals surface area contributed by atoms with Crippen LogP contribution in [0.3, 0.4) is 0 Å². The number of aromatic nitrogens is 2. The molecule has 0 fully saturated rings. The summed E-state index contributed by atoms with van der Waals surface area (Å²) in [5.41, 5.74) is 7.87. The standard InChI is InChI=1S/C13H27N3OSi/c1-13(2,3)18(5,6)17-8-7-11-10-16(4)15-12(11)9-14/h10H,7-9,14H2,1-6H3. The number of hydrogen-bond acceptors (Lipinski definition) is 3. The summed E-state index contributed by atoms with van der Waals surface area (Å²) < 4.78 is 7.99. The van der Waals surface area contributed by atoms with Crippen molar-refractivity contribution in [3.8, 4) is 0 Å². The van der Waals surface area contributed by atoms with Crippen LogP contribution in [-0.2, 0) is 24.4 Å². The van der Waals surface area contributed by atoms with Gasteiger partial charge in [-0.05, 0) is 30.1 Å². The lowest BCUT2D eigenvalue weighted by Crippen LogP contribution is -2.41. The second kappa shape index (κ2) is 5.55. The van der Waals surface area contributed by atoms with E-state index >= 15 is 0 Å². The van der Waals surface area contributed by atoms with Crippen LogP contribution >= 0.6 is 0 Å². The molecule has 18 heavy (non-hydrogen) atoms. The lowest BCUT2D eigenvalue weighted by atomic mass is 10.2. The van der Waals surface area contributed by atoms with E-state index in [-0.39, 0.29) is 5.04 Å². The van der Waals surface area contributed by atoms with Crippen molar-refractivity contribution in [3.05, 3.63) is 17.5 Å². The highest BCUT2D eigenvalue weighted by Crippen LogP contribution is 2.36. The molecule has 0 saturated heterocycles. The molecule has 1 aromatic rings. The largest absolute Gasteiger partial charge is 0.416 e. The Hall–Kier alpha value is -0.653. The van der Waals surface area contributed by atoms with E-state index in [1.54, 1.807) is 0 Å². The second-order valence-corrected chi connectivity index (χ2v) is 11.1. The molecule has 1 heterocycles. The third-order valence-electron chi connectivity index (χ3n) is 3.83. The SMILES string of the molecule is Cn1cc(CCO[Si](C)(C)C(C)(C)C)c(CN)n1. The van der Waals surface area contributed by atoms with Crippen molar-refractivity contribution in [3.63, 3.8) is 0 Å². The van der Waals surface area contributed by atoms with Gasteiger partial charge in [0, 0.05) is 26.4 Å². The molecule has 0 spiro atoms. The van der Waals surface area contributed by atoms with Gasteiger partial charge in [-0.25, -0.2) is 0 Å². The van der Waals surface area contributed by atoms with Gasteiger partial charge in [0.05, 0.1) is 5.69 Å². The van der Waals surface area contributed by atoms with Gasteiger partial charge in [-0.1, -0.05) is 20.8 Å². The monoisotopic (exact) mass is 269 g/mol. The number of rotatable bonds is 5. The number of nitrogens with zero attached hydrogens (tertiary/aromatic N) is 2. The third kappa shape index (κ3) is 3.67. The zero-order valence-electron chi connectivity index (χ0n) is 12.6. The maximum Gasteiger partial charge on any atom is 0.191 e. The summed E-state index contributed by atoms with van der Waals surface area (Å²) in [5, 5.41) is 4.60. The number of aryl methyl sites for hydroxylation is 1. The quantitative estimate of drug-likeness (QED) is 0.835. The molecule has 1 aromatic heterocycles. The predicted octanol–water partition coefficient (Wildman–Crippen LogP) is 2.44. The molecule has 0 radical (unpaired) electrons. The Morgan fingerprint density at radius 2 is 2.00 bits per heavy atom. The lowest BCUT2D eigenvalue weighted by molar-refractivity contribution is 0.291. The highest BCUT2D eigenvalue weighted by atomic mass is 28.4. The van der Waals surface area contributed by atoms with Gasteiger partial charge >= 0.3 is 0 Å². The summed E-state index contributed by atoms with van der Waals surface area (Å²) in [5.74, 6) is 0. The van der Waals surface area contributed by atoms with E-state index in [0.29, 0.717) is 6.54 Å². The molecule has 1 rings (SSSR count). The average molecular weight is 269 g/mol. The van der Waals surface area contributed by atoms with Crippen molar-refractivity contribution in [1.82, 2.24) is 9.78 Å². The van der Waals surface area contributed by atoms with E-state index in [0.717, 1.165) is 18.7 Å². The summed E-state index contributed by atoms with van der Waals surface area (Å²) in [4.78, 5) is 0. The fourth-order valence-electron chi connectivity index (χ4n) is 1.60. The van der Waals surface area contributed by atoms with Crippen molar-refractivity contribution < 1.29 is 4.43 Å². The van der Waals surface area contributed by atoms with E-state index in [2.05, 4.69) is 39.0 Å². The highest BCUT2D eigenvalue weighted by molar-refractivity contribution is 6.74. The second-order valence-electron chi connectivity index (χ2n) is 6.34. The summed E-state index contributed by atoms with van der Waals surface area (Å²) in [6.07, 6.45) is 2.93. The Morgan fingerprint density at radius 3 is 2.50 bits per heavy atom. The van der Waals surface area contributed by atoms with Gasteiger partial charge in [0.15, 0.2) is 8.32 Å². The van der Waals surface area contributed by atoms with Crippen molar-refractivity contribution in [2.75, 3.05) is 6.61 Å². The van der Waals surface area contributed by atoms with Crippen LogP contribution in [0.1, 0.15) is 32.0 Å². The van der Waals surface area contributed by atoms with Crippen LogP contribution in [0.2, 0.25) is 18.1 Å². The summed E-state index contributed by atoms with van der Waals surface area (Å²) >= 11 is 0. The Kier molecular flexibility index (Phi) is 4.75. The average Bonchev–Trinajstić information content (AvgIpc) is 2.57. The zero-order chi connectivity index (χ0) is 14.0. The van der Waals surface area contributed by atoms with Crippen LogP contribution in [0.15, 0.2) is 6.20 Å². The molecular formula is C13H27N3OSi. The molecule has 104 valence electrons. The van der Waals surface area contributed by atoms with Crippen LogP contribution < -0.4 is 5.73 Å². The van der Waals surface area contributed by atoms with Crippen molar-refractivity contribution in [2.45, 2.75) is 51.9 Å². The predicted molar refractivity (Wildman–Crippen MR) is 78.0 cm³/mol. The van der Waals surface area contributed by atoms with Gasteiger partial charge in [-0.2, -0.15) is 5.10 Å². The molecule has 5 heteroatoms. The summed E-state index contributed by atoms with van der Waals surface area (Å²) in [6, 6.07) is 0. The van der Waals surface area contributed by atoms with E-state index in [4.69, 9.17) is 10.2 Å². The molecule has 4 nitrogen and oxygen atoms in total. The zero-order valence-corrected chi connectivity index (χ0v) is 13.6. The molecule has 0 aromatic carbocycles. The van der Waals surface area contributed by atoms with Gasteiger partial charge in [0.2, 0.25) is 0 Å². The molecule has 0 amide bonds. The molecule has 0 saturated carbocycles. The first-order chi connectivity index (χ1) is 8.17. The first-order valence-corrected chi connectivity index (χ1v) is 9.43. The minimum absolute atomic E-state index is 0.263. The Labute approximate surface area is 112 Å². The van der Waals surface area contributed by atoms with Gasteiger partial charge in [-0.3, -0.25) is 4.68 Å². The molecular weight excluding hydrogens is 242 g/mol. The highest BCUT2D eigenvalue weighted by Gasteiger charge is 2.36. The van der Waals surface area contributed by atoms with Gasteiger partial charge in [0.1, 0.15) is 0 Å². The smallest absolute Gasteiger partial charge is 0.191 e. The summed E-state index contributed by atoms with van der Waals surface area (Å²) in [7, 11) is 0.290. The Bertz CT molecular complexity index is 393. The minimum Gasteiger partial charge on any atom is -0.416 e. The number of hydrogen-bond donors (Lipinski definition) is 1. The fraction of sp³-hybridized carbons (Fsp3) is 0.769. The lowest BCUT2D eigenvalue weighted by Gasteiger charge is -2.36. The van der Waals surface area contributed by atoms with Crippen molar-refractivity contribution in [2.24, 2.45) is 12.8 Å². The van der Waals surface area contributed by atoms with Gasteiger partial charge in [0.25, 0.3) is 0 Å². The van der Waals surface area contributed by atoms with Crippen LogP contribution in [0, 0.1) is 0 Å². The minimum atomic E-state index is -1.64. The first-order valence-electron chi connectivity index (χ1n) is 6.53. The molecule has 2 N–H and O–H groups in total. The first kappa shape index (κ1) is 15.4. The number of nitrogens with two attached hydrogens (primary N) is 1. The molecule has 0 atom stereocenters. The molecule has 0 aliphatic rings. The summed E-state index contributed by atoms with van der Waals surface area (Å²) in [6.45, 7) is 12.6. The van der Waals surface area contributed by atoms with E-state index < -0.39 is 8.32 Å².